The van der Waals surface area contributed by atoms with Gasteiger partial charge >= 0.3 is 0 Å². The number of aromatic nitrogens is 2. The van der Waals surface area contributed by atoms with Crippen molar-refractivity contribution in [3.8, 4) is 5.69 Å². The van der Waals surface area contributed by atoms with E-state index in [4.69, 9.17) is 0 Å². The number of carbonyl (C=O) groups is 1. The predicted octanol–water partition coefficient (Wildman–Crippen LogP) is 5.15. The maximum absolute atomic E-state index is 14.6. The molecule has 1 atom stereocenters. The number of fused-ring (bicyclic) bond motifs is 1. The summed E-state index contributed by atoms with van der Waals surface area (Å²) < 4.78 is 29.2. The molecule has 1 aromatic heterocycles. The summed E-state index contributed by atoms with van der Waals surface area (Å²) in [6.07, 6.45) is 7.67. The third-order valence-corrected chi connectivity index (χ3v) is 6.73. The number of halogens is 2. The Labute approximate surface area is 194 Å². The number of nitrogens with zero attached hydrogens (tertiary/aromatic N) is 2. The van der Waals surface area contributed by atoms with Crippen LogP contribution in [0.2, 0.25) is 0 Å². The highest BCUT2D eigenvalue weighted by Gasteiger charge is 2.22. The fourth-order valence-corrected chi connectivity index (χ4v) is 4.84. The van der Waals surface area contributed by atoms with Gasteiger partial charge in [0.25, 0.3) is 5.56 Å². The molecule has 0 saturated heterocycles. The first-order chi connectivity index (χ1) is 15.9. The minimum Gasteiger partial charge on any atom is -0.355 e. The molecule has 3 aromatic rings. The van der Waals surface area contributed by atoms with Crippen molar-refractivity contribution in [1.82, 2.24) is 14.9 Å². The van der Waals surface area contributed by atoms with E-state index >= 15 is 0 Å². The topological polar surface area (TPSA) is 64.0 Å². The van der Waals surface area contributed by atoms with Gasteiger partial charge in [0.15, 0.2) is 5.16 Å². The Bertz CT molecular complexity index is 1270. The number of para-hydroxylation sites is 1. The summed E-state index contributed by atoms with van der Waals surface area (Å²) in [7, 11) is 0. The zero-order valence-corrected chi connectivity index (χ0v) is 19.1. The van der Waals surface area contributed by atoms with Crippen LogP contribution in [-0.4, -0.2) is 27.3 Å². The highest BCUT2D eigenvalue weighted by atomic mass is 32.2. The number of allylic oxidation sites excluding steroid dienone is 1. The van der Waals surface area contributed by atoms with Crippen LogP contribution in [0.4, 0.5) is 8.78 Å². The minimum absolute atomic E-state index is 0.112. The van der Waals surface area contributed by atoms with Gasteiger partial charge in [-0.15, -0.1) is 0 Å². The standard InChI is InChI=1S/C25H25F2N3O2S/c1-16(23(31)28-14-13-17-7-3-2-4-8-17)33-25-29-21-10-6-5-9-19(21)24(32)30(25)22-12-11-18(26)15-20(22)27/h5-7,9-12,15-16H,2-4,8,13-14H2,1H3,(H,28,31)/t16-/m1/s1. The summed E-state index contributed by atoms with van der Waals surface area (Å²) in [6, 6.07) is 9.76. The van der Waals surface area contributed by atoms with Crippen molar-refractivity contribution in [3.05, 3.63) is 76.1 Å². The zero-order valence-electron chi connectivity index (χ0n) is 18.3. The number of carbonyl (C=O) groups excluding carboxylic acids is 1. The van der Waals surface area contributed by atoms with Gasteiger partial charge in [0.05, 0.1) is 21.8 Å². The molecule has 0 spiro atoms. The molecule has 0 saturated carbocycles. The van der Waals surface area contributed by atoms with Gasteiger partial charge in [0.2, 0.25) is 5.91 Å². The normalized spacial score (nSPS) is 14.7. The Balaban J connectivity index is 1.60. The molecule has 0 fully saturated rings. The van der Waals surface area contributed by atoms with E-state index in [-0.39, 0.29) is 16.8 Å². The molecule has 0 bridgehead atoms. The van der Waals surface area contributed by atoms with Crippen LogP contribution >= 0.6 is 11.8 Å². The Kier molecular flexibility index (Phi) is 7.23. The fraction of sp³-hybridized carbons (Fsp3) is 0.320. The van der Waals surface area contributed by atoms with Crippen LogP contribution in [0.25, 0.3) is 16.6 Å². The van der Waals surface area contributed by atoms with Crippen molar-refractivity contribution < 1.29 is 13.6 Å². The van der Waals surface area contributed by atoms with Crippen LogP contribution in [0, 0.1) is 11.6 Å². The van der Waals surface area contributed by atoms with E-state index in [1.165, 1.54) is 24.5 Å². The molecule has 4 rings (SSSR count). The van der Waals surface area contributed by atoms with E-state index in [0.717, 1.165) is 47.7 Å². The van der Waals surface area contributed by atoms with Crippen molar-refractivity contribution in [3.63, 3.8) is 0 Å². The molecule has 5 nitrogen and oxygen atoms in total. The van der Waals surface area contributed by atoms with Crippen molar-refractivity contribution in [1.29, 1.82) is 0 Å². The molecule has 172 valence electrons. The van der Waals surface area contributed by atoms with Gasteiger partial charge in [-0.25, -0.2) is 13.8 Å². The molecule has 33 heavy (non-hydrogen) atoms. The van der Waals surface area contributed by atoms with Gasteiger partial charge in [-0.2, -0.15) is 0 Å². The largest absolute Gasteiger partial charge is 0.355 e. The summed E-state index contributed by atoms with van der Waals surface area (Å²) in [5.41, 5.74) is 1.23. The van der Waals surface area contributed by atoms with Crippen LogP contribution in [0.1, 0.15) is 39.0 Å². The Hall–Kier alpha value is -3.00. The van der Waals surface area contributed by atoms with Gasteiger partial charge in [0.1, 0.15) is 11.6 Å². The van der Waals surface area contributed by atoms with Crippen molar-refractivity contribution in [2.45, 2.75) is 49.4 Å². The van der Waals surface area contributed by atoms with Gasteiger partial charge < -0.3 is 5.32 Å². The second-order valence-corrected chi connectivity index (χ2v) is 9.37. The molecule has 0 unspecified atom stereocenters. The van der Waals surface area contributed by atoms with Crippen LogP contribution in [-0.2, 0) is 4.79 Å². The molecule has 0 aliphatic heterocycles. The van der Waals surface area contributed by atoms with Crippen molar-refractivity contribution in [2.24, 2.45) is 0 Å². The maximum Gasteiger partial charge on any atom is 0.266 e. The average molecular weight is 470 g/mol. The van der Waals surface area contributed by atoms with Gasteiger partial charge in [-0.3, -0.25) is 14.2 Å². The lowest BCUT2D eigenvalue weighted by molar-refractivity contribution is -0.120. The smallest absolute Gasteiger partial charge is 0.266 e. The highest BCUT2D eigenvalue weighted by Crippen LogP contribution is 2.26. The van der Waals surface area contributed by atoms with Crippen molar-refractivity contribution >= 4 is 28.6 Å². The molecule has 1 heterocycles. The highest BCUT2D eigenvalue weighted by molar-refractivity contribution is 8.00. The number of nitrogens with one attached hydrogen (secondary N) is 1. The Morgan fingerprint density at radius 2 is 2.03 bits per heavy atom. The monoisotopic (exact) mass is 469 g/mol. The number of rotatable bonds is 7. The molecular weight excluding hydrogens is 444 g/mol. The second kappa shape index (κ2) is 10.3. The lowest BCUT2D eigenvalue weighted by Crippen LogP contribution is -2.33. The van der Waals surface area contributed by atoms with Crippen molar-refractivity contribution in [2.75, 3.05) is 6.54 Å². The van der Waals surface area contributed by atoms with E-state index in [1.54, 1.807) is 31.2 Å². The molecule has 1 amide bonds. The Morgan fingerprint density at radius 3 is 2.79 bits per heavy atom. The maximum atomic E-state index is 14.6. The van der Waals surface area contributed by atoms with E-state index in [1.807, 2.05) is 0 Å². The average Bonchev–Trinajstić information content (AvgIpc) is 2.81. The third kappa shape index (κ3) is 5.33. The molecule has 1 aliphatic carbocycles. The molecule has 0 radical (unpaired) electrons. The summed E-state index contributed by atoms with van der Waals surface area (Å²) in [5, 5.41) is 2.84. The number of hydrogen-bond donors (Lipinski definition) is 1. The van der Waals surface area contributed by atoms with Gasteiger partial charge in [-0.05, 0) is 63.3 Å². The number of amides is 1. The van der Waals surface area contributed by atoms with E-state index in [0.29, 0.717) is 17.4 Å². The first kappa shape index (κ1) is 23.2. The number of hydrogen-bond acceptors (Lipinski definition) is 4. The van der Waals surface area contributed by atoms with E-state index < -0.39 is 22.4 Å². The molecule has 2 aromatic carbocycles. The molecular formula is C25H25F2N3O2S. The van der Waals surface area contributed by atoms with Crippen LogP contribution in [0.3, 0.4) is 0 Å². The van der Waals surface area contributed by atoms with Crippen LogP contribution < -0.4 is 10.9 Å². The lowest BCUT2D eigenvalue weighted by Gasteiger charge is -2.17. The minimum atomic E-state index is -0.881. The first-order valence-corrected chi connectivity index (χ1v) is 11.9. The first-order valence-electron chi connectivity index (χ1n) is 11.0. The summed E-state index contributed by atoms with van der Waals surface area (Å²) in [5.74, 6) is -1.81. The van der Waals surface area contributed by atoms with Crippen LogP contribution in [0.15, 0.2) is 64.1 Å². The number of thioether (sulfide) groups is 1. The summed E-state index contributed by atoms with van der Waals surface area (Å²) in [6.45, 7) is 2.26. The number of benzene rings is 2. The Morgan fingerprint density at radius 1 is 1.21 bits per heavy atom. The van der Waals surface area contributed by atoms with E-state index in [2.05, 4.69) is 16.4 Å². The quantitative estimate of drug-likeness (QED) is 0.295. The third-order valence-electron chi connectivity index (χ3n) is 5.68. The zero-order chi connectivity index (χ0) is 23.4. The predicted molar refractivity (Wildman–Crippen MR) is 127 cm³/mol. The molecule has 1 N–H and O–H groups in total. The van der Waals surface area contributed by atoms with Crippen LogP contribution in [0.5, 0.6) is 0 Å². The van der Waals surface area contributed by atoms with Gasteiger partial charge in [0, 0.05) is 12.6 Å². The second-order valence-electron chi connectivity index (χ2n) is 8.06. The van der Waals surface area contributed by atoms with E-state index in [9.17, 15) is 18.4 Å². The molecule has 1 aliphatic rings. The lowest BCUT2D eigenvalue weighted by atomic mass is 9.97. The fourth-order valence-electron chi connectivity index (χ4n) is 3.90. The SMILES string of the molecule is C[C@@H](Sc1nc2ccccc2c(=O)n1-c1ccc(F)cc1F)C(=O)NCCC1=CCCCC1. The summed E-state index contributed by atoms with van der Waals surface area (Å²) in [4.78, 5) is 30.5. The molecule has 8 heteroatoms. The van der Waals surface area contributed by atoms with Gasteiger partial charge in [-0.1, -0.05) is 35.5 Å². The summed E-state index contributed by atoms with van der Waals surface area (Å²) >= 11 is 1.07.